The predicted molar refractivity (Wildman–Crippen MR) is 63.6 cm³/mol. The first-order valence-electron chi connectivity index (χ1n) is 5.58. The smallest absolute Gasteiger partial charge is 0.255 e. The van der Waals surface area contributed by atoms with Crippen LogP contribution in [-0.2, 0) is 4.79 Å². The molecule has 0 aliphatic carbocycles. The Labute approximate surface area is 104 Å². The minimum atomic E-state index is -0.738. The van der Waals surface area contributed by atoms with Gasteiger partial charge in [0.15, 0.2) is 11.5 Å². The third-order valence-corrected chi connectivity index (χ3v) is 2.59. The van der Waals surface area contributed by atoms with Gasteiger partial charge in [0.2, 0.25) is 5.91 Å². The zero-order valence-corrected chi connectivity index (χ0v) is 9.93. The normalized spacial score (nSPS) is 14.7. The molecule has 1 aliphatic rings. The van der Waals surface area contributed by atoms with Crippen molar-refractivity contribution < 1.29 is 19.1 Å². The standard InChI is InChI=1S/C12H14N2O4/c1-7(11(13)15)14-12(16)8-3-2-4-9-10(8)18-6-5-17-9/h2-4,7H,5-6H2,1H3,(H2,13,15)(H,14,16)/t7-/m0/s1. The van der Waals surface area contributed by atoms with Gasteiger partial charge in [-0.25, -0.2) is 0 Å². The second-order valence-electron chi connectivity index (χ2n) is 3.93. The number of nitrogens with two attached hydrogens (primary N) is 1. The van der Waals surface area contributed by atoms with Gasteiger partial charge in [-0.15, -0.1) is 0 Å². The van der Waals surface area contributed by atoms with E-state index in [1.807, 2.05) is 0 Å². The maximum Gasteiger partial charge on any atom is 0.255 e. The van der Waals surface area contributed by atoms with E-state index in [2.05, 4.69) is 5.32 Å². The second kappa shape index (κ2) is 4.95. The molecular weight excluding hydrogens is 236 g/mol. The molecule has 1 aliphatic heterocycles. The summed E-state index contributed by atoms with van der Waals surface area (Å²) in [6, 6.07) is 4.29. The maximum absolute atomic E-state index is 12.0. The summed E-state index contributed by atoms with van der Waals surface area (Å²) in [6.07, 6.45) is 0. The Morgan fingerprint density at radius 2 is 2.06 bits per heavy atom. The van der Waals surface area contributed by atoms with Crippen molar-refractivity contribution in [1.29, 1.82) is 0 Å². The van der Waals surface area contributed by atoms with Crippen LogP contribution in [0.1, 0.15) is 17.3 Å². The lowest BCUT2D eigenvalue weighted by molar-refractivity contribution is -0.119. The molecule has 0 saturated heterocycles. The van der Waals surface area contributed by atoms with E-state index in [9.17, 15) is 9.59 Å². The highest BCUT2D eigenvalue weighted by molar-refractivity contribution is 6.00. The molecule has 0 bridgehead atoms. The van der Waals surface area contributed by atoms with Crippen molar-refractivity contribution in [1.82, 2.24) is 5.32 Å². The molecule has 0 radical (unpaired) electrons. The van der Waals surface area contributed by atoms with Crippen molar-refractivity contribution in [3.05, 3.63) is 23.8 Å². The minimum Gasteiger partial charge on any atom is -0.486 e. The summed E-state index contributed by atoms with van der Waals surface area (Å²) >= 11 is 0. The Morgan fingerprint density at radius 1 is 1.33 bits per heavy atom. The number of hydrogen-bond acceptors (Lipinski definition) is 4. The van der Waals surface area contributed by atoms with Crippen LogP contribution in [0.3, 0.4) is 0 Å². The maximum atomic E-state index is 12.0. The summed E-state index contributed by atoms with van der Waals surface area (Å²) in [4.78, 5) is 22.9. The van der Waals surface area contributed by atoms with E-state index in [0.29, 0.717) is 30.3 Å². The van der Waals surface area contributed by atoms with E-state index < -0.39 is 17.9 Å². The molecule has 3 N–H and O–H groups in total. The van der Waals surface area contributed by atoms with Crippen LogP contribution >= 0.6 is 0 Å². The van der Waals surface area contributed by atoms with Crippen LogP contribution in [0.4, 0.5) is 0 Å². The van der Waals surface area contributed by atoms with E-state index in [1.54, 1.807) is 18.2 Å². The fourth-order valence-electron chi connectivity index (χ4n) is 1.60. The van der Waals surface area contributed by atoms with Gasteiger partial charge >= 0.3 is 0 Å². The van der Waals surface area contributed by atoms with Gasteiger partial charge < -0.3 is 20.5 Å². The molecule has 0 saturated carbocycles. The second-order valence-corrected chi connectivity index (χ2v) is 3.93. The number of hydrogen-bond donors (Lipinski definition) is 2. The number of para-hydroxylation sites is 1. The van der Waals surface area contributed by atoms with E-state index in [4.69, 9.17) is 15.2 Å². The van der Waals surface area contributed by atoms with E-state index >= 15 is 0 Å². The van der Waals surface area contributed by atoms with Crippen LogP contribution in [0.2, 0.25) is 0 Å². The molecular formula is C12H14N2O4. The topological polar surface area (TPSA) is 90.7 Å². The van der Waals surface area contributed by atoms with E-state index in [0.717, 1.165) is 0 Å². The SMILES string of the molecule is C[C@H](NC(=O)c1cccc2c1OCCO2)C(N)=O. The number of amides is 2. The molecule has 1 atom stereocenters. The fourth-order valence-corrected chi connectivity index (χ4v) is 1.60. The van der Waals surface area contributed by atoms with Crippen molar-refractivity contribution >= 4 is 11.8 Å². The van der Waals surface area contributed by atoms with Crippen LogP contribution < -0.4 is 20.5 Å². The highest BCUT2D eigenvalue weighted by Gasteiger charge is 2.22. The van der Waals surface area contributed by atoms with Gasteiger partial charge in [0, 0.05) is 0 Å². The minimum absolute atomic E-state index is 0.334. The molecule has 0 spiro atoms. The molecule has 0 aromatic heterocycles. The lowest BCUT2D eigenvalue weighted by Crippen LogP contribution is -2.42. The Hall–Kier alpha value is -2.24. The lowest BCUT2D eigenvalue weighted by Gasteiger charge is -2.21. The van der Waals surface area contributed by atoms with Crippen LogP contribution in [-0.4, -0.2) is 31.1 Å². The van der Waals surface area contributed by atoms with Gasteiger partial charge in [-0.05, 0) is 19.1 Å². The van der Waals surface area contributed by atoms with Gasteiger partial charge in [-0.1, -0.05) is 6.07 Å². The molecule has 1 aromatic carbocycles. The predicted octanol–water partition coefficient (Wildman–Crippen LogP) is 0.0614. The van der Waals surface area contributed by atoms with Crippen molar-refractivity contribution in [2.24, 2.45) is 5.73 Å². The molecule has 1 heterocycles. The summed E-state index contributed by atoms with van der Waals surface area (Å²) in [5.74, 6) is -0.0764. The van der Waals surface area contributed by atoms with Gasteiger partial charge in [0.25, 0.3) is 5.91 Å². The summed E-state index contributed by atoms with van der Waals surface area (Å²) in [7, 11) is 0. The number of rotatable bonds is 3. The van der Waals surface area contributed by atoms with Crippen LogP contribution in [0, 0.1) is 0 Å². The number of fused-ring (bicyclic) bond motifs is 1. The number of primary amides is 1. The van der Waals surface area contributed by atoms with Crippen LogP contribution in [0.15, 0.2) is 18.2 Å². The fraction of sp³-hybridized carbons (Fsp3) is 0.333. The van der Waals surface area contributed by atoms with Crippen molar-refractivity contribution in [3.8, 4) is 11.5 Å². The molecule has 96 valence electrons. The lowest BCUT2D eigenvalue weighted by atomic mass is 10.1. The summed E-state index contributed by atoms with van der Waals surface area (Å²) in [6.45, 7) is 2.37. The van der Waals surface area contributed by atoms with Gasteiger partial charge in [-0.2, -0.15) is 0 Å². The highest BCUT2D eigenvalue weighted by Crippen LogP contribution is 2.33. The average Bonchev–Trinajstić information content (AvgIpc) is 2.37. The quantitative estimate of drug-likeness (QED) is 0.793. The van der Waals surface area contributed by atoms with Gasteiger partial charge in [0.1, 0.15) is 19.3 Å². The zero-order valence-electron chi connectivity index (χ0n) is 9.93. The van der Waals surface area contributed by atoms with Gasteiger partial charge in [-0.3, -0.25) is 9.59 Å². The molecule has 2 rings (SSSR count). The Balaban J connectivity index is 2.23. The number of carbonyl (C=O) groups excluding carboxylic acids is 2. The third-order valence-electron chi connectivity index (χ3n) is 2.59. The third kappa shape index (κ3) is 2.37. The Kier molecular flexibility index (Phi) is 3.36. The number of nitrogens with one attached hydrogen (secondary N) is 1. The summed E-state index contributed by atoms with van der Waals surface area (Å²) in [5, 5.41) is 2.50. The van der Waals surface area contributed by atoms with Crippen molar-refractivity contribution in [2.75, 3.05) is 13.2 Å². The molecule has 6 nitrogen and oxygen atoms in total. The molecule has 6 heteroatoms. The van der Waals surface area contributed by atoms with Crippen LogP contribution in [0.5, 0.6) is 11.5 Å². The molecule has 0 fully saturated rings. The number of carbonyl (C=O) groups is 2. The highest BCUT2D eigenvalue weighted by atomic mass is 16.6. The number of benzene rings is 1. The first-order chi connectivity index (χ1) is 8.59. The van der Waals surface area contributed by atoms with E-state index in [-0.39, 0.29) is 0 Å². The first-order valence-corrected chi connectivity index (χ1v) is 5.58. The largest absolute Gasteiger partial charge is 0.486 e. The summed E-state index contributed by atoms with van der Waals surface area (Å²) < 4.78 is 10.8. The molecule has 1 aromatic rings. The van der Waals surface area contributed by atoms with Crippen LogP contribution in [0.25, 0.3) is 0 Å². The summed E-state index contributed by atoms with van der Waals surface area (Å²) in [5.41, 5.74) is 5.42. The first kappa shape index (κ1) is 12.2. The Morgan fingerprint density at radius 3 is 2.78 bits per heavy atom. The molecule has 2 amide bonds. The van der Waals surface area contributed by atoms with E-state index in [1.165, 1.54) is 6.92 Å². The molecule has 0 unspecified atom stereocenters. The average molecular weight is 250 g/mol. The molecule has 18 heavy (non-hydrogen) atoms. The Bertz CT molecular complexity index is 487. The number of ether oxygens (including phenoxy) is 2. The van der Waals surface area contributed by atoms with Gasteiger partial charge in [0.05, 0.1) is 5.56 Å². The van der Waals surface area contributed by atoms with Crippen molar-refractivity contribution in [2.45, 2.75) is 13.0 Å². The zero-order chi connectivity index (χ0) is 13.1. The monoisotopic (exact) mass is 250 g/mol. The van der Waals surface area contributed by atoms with Crippen molar-refractivity contribution in [3.63, 3.8) is 0 Å².